The van der Waals surface area contributed by atoms with Crippen LogP contribution in [-0.4, -0.2) is 23.2 Å². The Morgan fingerprint density at radius 3 is 2.22 bits per heavy atom. The maximum Gasteiger partial charge on any atom is 0.471 e. The zero-order chi connectivity index (χ0) is 13.8. The van der Waals surface area contributed by atoms with E-state index in [4.69, 9.17) is 0 Å². The summed E-state index contributed by atoms with van der Waals surface area (Å²) in [5, 5.41) is 1.53. The van der Waals surface area contributed by atoms with Crippen molar-refractivity contribution in [3.63, 3.8) is 0 Å². The second-order valence-corrected chi connectivity index (χ2v) is 3.98. The van der Waals surface area contributed by atoms with Crippen LogP contribution < -0.4 is 5.32 Å². The van der Waals surface area contributed by atoms with Crippen LogP contribution in [0.25, 0.3) is 0 Å². The minimum atomic E-state index is -5.01. The Labute approximate surface area is 109 Å². The first-order valence-electron chi connectivity index (χ1n) is 4.87. The fourth-order valence-electron chi connectivity index (χ4n) is 1.29. The number of halogens is 4. The molecule has 0 heterocycles. The summed E-state index contributed by atoms with van der Waals surface area (Å²) in [5.74, 6) is -2.69. The van der Waals surface area contributed by atoms with Crippen molar-refractivity contribution in [2.24, 2.45) is 0 Å². The molecule has 0 aliphatic heterocycles. The number of ketones is 1. The van der Waals surface area contributed by atoms with Crippen molar-refractivity contribution in [1.29, 1.82) is 0 Å². The van der Waals surface area contributed by atoms with Gasteiger partial charge in [0, 0.05) is 0 Å². The van der Waals surface area contributed by atoms with E-state index in [1.165, 1.54) is 12.1 Å². The summed E-state index contributed by atoms with van der Waals surface area (Å²) in [6, 6.07) is 6.45. The fourth-order valence-corrected chi connectivity index (χ4v) is 1.61. The largest absolute Gasteiger partial charge is 0.471 e. The van der Waals surface area contributed by atoms with E-state index in [1.54, 1.807) is 23.5 Å². The van der Waals surface area contributed by atoms with Crippen molar-refractivity contribution in [2.45, 2.75) is 12.2 Å². The Kier molecular flexibility index (Phi) is 4.89. The number of benzene rings is 1. The molecule has 0 spiro atoms. The van der Waals surface area contributed by atoms with Gasteiger partial charge in [-0.25, -0.2) is 0 Å². The van der Waals surface area contributed by atoms with E-state index in [9.17, 15) is 22.8 Å². The maximum absolute atomic E-state index is 12.2. The molecular formula is C11H9BrF3NO2. The number of alkyl halides is 4. The van der Waals surface area contributed by atoms with E-state index in [1.807, 2.05) is 0 Å². The number of carbonyl (C=O) groups excluding carboxylic acids is 2. The van der Waals surface area contributed by atoms with Crippen molar-refractivity contribution >= 4 is 27.6 Å². The second kappa shape index (κ2) is 5.99. The van der Waals surface area contributed by atoms with Gasteiger partial charge in [-0.1, -0.05) is 46.3 Å². The molecule has 1 N–H and O–H groups in total. The molecule has 1 unspecified atom stereocenters. The van der Waals surface area contributed by atoms with Crippen LogP contribution in [-0.2, 0) is 9.59 Å². The molecule has 3 nitrogen and oxygen atoms in total. The SMILES string of the molecule is O=C(CBr)C(NC(=O)C(F)(F)F)c1ccccc1. The molecule has 0 saturated carbocycles. The van der Waals surface area contributed by atoms with Crippen LogP contribution in [0.4, 0.5) is 13.2 Å². The average molecular weight is 324 g/mol. The molecule has 0 aliphatic rings. The third-order valence-electron chi connectivity index (χ3n) is 2.12. The van der Waals surface area contributed by atoms with Crippen LogP contribution in [0.15, 0.2) is 30.3 Å². The first-order valence-corrected chi connectivity index (χ1v) is 5.99. The van der Waals surface area contributed by atoms with Gasteiger partial charge in [0.15, 0.2) is 5.78 Å². The monoisotopic (exact) mass is 323 g/mol. The fraction of sp³-hybridized carbons (Fsp3) is 0.273. The lowest BCUT2D eigenvalue weighted by Crippen LogP contribution is -2.42. The molecule has 1 rings (SSSR count). The van der Waals surface area contributed by atoms with Gasteiger partial charge in [-0.2, -0.15) is 13.2 Å². The highest BCUT2D eigenvalue weighted by atomic mass is 79.9. The Morgan fingerprint density at radius 1 is 1.22 bits per heavy atom. The zero-order valence-electron chi connectivity index (χ0n) is 9.00. The van der Waals surface area contributed by atoms with Gasteiger partial charge >= 0.3 is 12.1 Å². The number of nitrogens with one attached hydrogen (secondary N) is 1. The van der Waals surface area contributed by atoms with Crippen molar-refractivity contribution in [1.82, 2.24) is 5.32 Å². The smallest absolute Gasteiger partial charge is 0.334 e. The van der Waals surface area contributed by atoms with Crippen LogP contribution in [0.3, 0.4) is 0 Å². The lowest BCUT2D eigenvalue weighted by molar-refractivity contribution is -0.174. The molecule has 0 aliphatic carbocycles. The van der Waals surface area contributed by atoms with E-state index < -0.39 is 23.9 Å². The summed E-state index contributed by atoms with van der Waals surface area (Å²) in [5.41, 5.74) is 0.305. The third kappa shape index (κ3) is 3.83. The van der Waals surface area contributed by atoms with Crippen LogP contribution in [0.5, 0.6) is 0 Å². The van der Waals surface area contributed by atoms with E-state index >= 15 is 0 Å². The third-order valence-corrected chi connectivity index (χ3v) is 2.67. The molecule has 18 heavy (non-hydrogen) atoms. The first-order chi connectivity index (χ1) is 8.36. The lowest BCUT2D eigenvalue weighted by atomic mass is 10.0. The highest BCUT2D eigenvalue weighted by Crippen LogP contribution is 2.20. The summed E-state index contributed by atoms with van der Waals surface area (Å²) in [7, 11) is 0. The predicted molar refractivity (Wildman–Crippen MR) is 62.2 cm³/mol. The van der Waals surface area contributed by atoms with Gasteiger partial charge in [0.05, 0.1) is 5.33 Å². The van der Waals surface area contributed by atoms with Gasteiger partial charge in [0.2, 0.25) is 0 Å². The van der Waals surface area contributed by atoms with Crippen molar-refractivity contribution in [3.05, 3.63) is 35.9 Å². The van der Waals surface area contributed by atoms with E-state index in [-0.39, 0.29) is 5.33 Å². The molecule has 0 saturated heterocycles. The minimum absolute atomic E-state index is 0.148. The molecule has 0 radical (unpaired) electrons. The Morgan fingerprint density at radius 2 is 1.78 bits per heavy atom. The number of hydrogen-bond donors (Lipinski definition) is 1. The van der Waals surface area contributed by atoms with E-state index in [0.717, 1.165) is 0 Å². The van der Waals surface area contributed by atoms with Crippen LogP contribution in [0.2, 0.25) is 0 Å². The Hall–Kier alpha value is -1.37. The molecule has 1 atom stereocenters. The lowest BCUT2D eigenvalue weighted by Gasteiger charge is -2.18. The molecular weight excluding hydrogens is 315 g/mol. The molecule has 7 heteroatoms. The highest BCUT2D eigenvalue weighted by Gasteiger charge is 2.40. The van der Waals surface area contributed by atoms with Gasteiger partial charge in [0.1, 0.15) is 6.04 Å². The Bertz CT molecular complexity index is 434. The predicted octanol–water partition coefficient (Wildman–Crippen LogP) is 2.37. The van der Waals surface area contributed by atoms with Gasteiger partial charge in [0.25, 0.3) is 0 Å². The first kappa shape index (κ1) is 14.7. The van der Waals surface area contributed by atoms with Crippen LogP contribution >= 0.6 is 15.9 Å². The Balaban J connectivity index is 2.95. The van der Waals surface area contributed by atoms with E-state index in [2.05, 4.69) is 15.9 Å². The summed E-state index contributed by atoms with van der Waals surface area (Å²) in [6.45, 7) is 0. The number of amides is 1. The summed E-state index contributed by atoms with van der Waals surface area (Å²) in [6.07, 6.45) is -5.01. The zero-order valence-corrected chi connectivity index (χ0v) is 10.6. The standard InChI is InChI=1S/C11H9BrF3NO2/c12-6-8(17)9(7-4-2-1-3-5-7)16-10(18)11(13,14)15/h1-5,9H,6H2,(H,16,18). The molecule has 0 aromatic heterocycles. The van der Waals surface area contributed by atoms with Gasteiger partial charge in [-0.15, -0.1) is 0 Å². The molecule has 0 fully saturated rings. The average Bonchev–Trinajstić information content (AvgIpc) is 2.34. The van der Waals surface area contributed by atoms with Crippen molar-refractivity contribution < 1.29 is 22.8 Å². The quantitative estimate of drug-likeness (QED) is 0.865. The number of Topliss-reactive ketones (excluding diaryl/α,β-unsaturated/α-hetero) is 1. The molecule has 0 bridgehead atoms. The molecule has 1 aromatic carbocycles. The van der Waals surface area contributed by atoms with Gasteiger partial charge in [-0.3, -0.25) is 9.59 Å². The summed E-state index contributed by atoms with van der Waals surface area (Å²) < 4.78 is 36.5. The van der Waals surface area contributed by atoms with Gasteiger partial charge < -0.3 is 5.32 Å². The summed E-state index contributed by atoms with van der Waals surface area (Å²) in [4.78, 5) is 22.4. The van der Waals surface area contributed by atoms with Gasteiger partial charge in [-0.05, 0) is 5.56 Å². The van der Waals surface area contributed by atoms with Crippen LogP contribution in [0, 0.1) is 0 Å². The normalized spacial score (nSPS) is 12.9. The van der Waals surface area contributed by atoms with Crippen molar-refractivity contribution in [2.75, 3.05) is 5.33 Å². The number of carbonyl (C=O) groups is 2. The maximum atomic E-state index is 12.2. The summed E-state index contributed by atoms with van der Waals surface area (Å²) >= 11 is 2.87. The molecule has 98 valence electrons. The number of rotatable bonds is 4. The molecule has 1 aromatic rings. The topological polar surface area (TPSA) is 46.2 Å². The highest BCUT2D eigenvalue weighted by molar-refractivity contribution is 9.09. The molecule has 1 amide bonds. The van der Waals surface area contributed by atoms with Crippen molar-refractivity contribution in [3.8, 4) is 0 Å². The number of hydrogen-bond acceptors (Lipinski definition) is 2. The minimum Gasteiger partial charge on any atom is -0.334 e. The second-order valence-electron chi connectivity index (χ2n) is 3.41. The van der Waals surface area contributed by atoms with Crippen LogP contribution in [0.1, 0.15) is 11.6 Å². The van der Waals surface area contributed by atoms with E-state index in [0.29, 0.717) is 5.56 Å².